The van der Waals surface area contributed by atoms with Gasteiger partial charge in [0.05, 0.1) is 11.8 Å². The highest BCUT2D eigenvalue weighted by molar-refractivity contribution is 5.96. The first-order valence-corrected chi connectivity index (χ1v) is 6.15. The summed E-state index contributed by atoms with van der Waals surface area (Å²) in [6.45, 7) is 5.56. The summed E-state index contributed by atoms with van der Waals surface area (Å²) in [7, 11) is 2.07. The van der Waals surface area contributed by atoms with E-state index < -0.39 is 0 Å². The number of piperazine rings is 1. The monoisotopic (exact) mass is 249 g/mol. The maximum atomic E-state index is 12.3. The number of hydrogen-bond donors (Lipinski definition) is 1. The fraction of sp³-hybridized carbons (Fsp3) is 0.538. The van der Waals surface area contributed by atoms with E-state index in [-0.39, 0.29) is 11.7 Å². The lowest BCUT2D eigenvalue weighted by Gasteiger charge is -2.42. The first-order chi connectivity index (χ1) is 8.50. The van der Waals surface area contributed by atoms with Crippen LogP contribution in [-0.2, 0) is 0 Å². The van der Waals surface area contributed by atoms with E-state index in [0.29, 0.717) is 30.7 Å². The summed E-state index contributed by atoms with van der Waals surface area (Å²) in [6.07, 6.45) is 2.83. The van der Waals surface area contributed by atoms with E-state index in [9.17, 15) is 9.90 Å². The van der Waals surface area contributed by atoms with E-state index in [0.717, 1.165) is 0 Å². The summed E-state index contributed by atoms with van der Waals surface area (Å²) in [6, 6.07) is 2.20. The molecule has 1 saturated heterocycles. The van der Waals surface area contributed by atoms with Gasteiger partial charge < -0.3 is 10.0 Å². The molecule has 2 heterocycles. The highest BCUT2D eigenvalue weighted by atomic mass is 16.3. The van der Waals surface area contributed by atoms with Crippen LogP contribution in [-0.4, -0.2) is 58.0 Å². The Kier molecular flexibility index (Phi) is 3.52. The van der Waals surface area contributed by atoms with Gasteiger partial charge in [0.1, 0.15) is 5.75 Å². The molecule has 0 spiro atoms. The minimum Gasteiger partial charge on any atom is -0.505 e. The van der Waals surface area contributed by atoms with Crippen LogP contribution in [0.1, 0.15) is 24.2 Å². The van der Waals surface area contributed by atoms with Crippen LogP contribution in [0.2, 0.25) is 0 Å². The molecule has 0 bridgehead atoms. The molecule has 0 radical (unpaired) electrons. The number of carbonyl (C=O) groups excluding carboxylic acids is 1. The van der Waals surface area contributed by atoms with Crippen LogP contribution in [0.5, 0.6) is 5.75 Å². The zero-order chi connectivity index (χ0) is 13.3. The molecule has 98 valence electrons. The molecular formula is C13H19N3O2. The van der Waals surface area contributed by atoms with Crippen molar-refractivity contribution in [1.82, 2.24) is 14.8 Å². The van der Waals surface area contributed by atoms with Gasteiger partial charge in [-0.25, -0.2) is 0 Å². The van der Waals surface area contributed by atoms with Gasteiger partial charge in [-0.3, -0.25) is 14.7 Å². The van der Waals surface area contributed by atoms with Gasteiger partial charge in [-0.15, -0.1) is 0 Å². The van der Waals surface area contributed by atoms with E-state index in [1.165, 1.54) is 12.4 Å². The summed E-state index contributed by atoms with van der Waals surface area (Å²) in [5, 5.41) is 9.67. The van der Waals surface area contributed by atoms with Crippen molar-refractivity contribution in [1.29, 1.82) is 0 Å². The molecule has 5 heteroatoms. The number of hydrogen-bond acceptors (Lipinski definition) is 4. The summed E-state index contributed by atoms with van der Waals surface area (Å²) in [4.78, 5) is 20.2. The summed E-state index contributed by atoms with van der Waals surface area (Å²) in [5.41, 5.74) is 0.328. The maximum absolute atomic E-state index is 12.3. The Labute approximate surface area is 107 Å². The molecule has 0 saturated carbocycles. The number of aromatic nitrogens is 1. The molecule has 1 N–H and O–H groups in total. The van der Waals surface area contributed by atoms with E-state index in [1.807, 2.05) is 0 Å². The molecule has 1 amide bonds. The van der Waals surface area contributed by atoms with Crippen molar-refractivity contribution < 1.29 is 9.90 Å². The summed E-state index contributed by atoms with van der Waals surface area (Å²) >= 11 is 0. The molecule has 2 atom stereocenters. The van der Waals surface area contributed by atoms with Crippen LogP contribution in [0.4, 0.5) is 0 Å². The number of amides is 1. The first-order valence-electron chi connectivity index (χ1n) is 6.15. The molecule has 1 fully saturated rings. The number of likely N-dealkylation sites (N-methyl/N-ethyl adjacent to an activating group) is 1. The normalized spacial score (nSPS) is 25.2. The van der Waals surface area contributed by atoms with Gasteiger partial charge in [0.15, 0.2) is 0 Å². The number of rotatable bonds is 1. The molecule has 0 aromatic carbocycles. The van der Waals surface area contributed by atoms with Gasteiger partial charge in [0.25, 0.3) is 5.91 Å². The Balaban J connectivity index is 2.18. The van der Waals surface area contributed by atoms with Gasteiger partial charge in [0.2, 0.25) is 0 Å². The van der Waals surface area contributed by atoms with Crippen LogP contribution < -0.4 is 0 Å². The molecule has 1 aliphatic rings. The van der Waals surface area contributed by atoms with E-state index in [4.69, 9.17) is 0 Å². The minimum absolute atomic E-state index is 0.0539. The van der Waals surface area contributed by atoms with Gasteiger partial charge in [-0.1, -0.05) is 0 Å². The van der Waals surface area contributed by atoms with Gasteiger partial charge in [0, 0.05) is 31.4 Å². The lowest BCUT2D eigenvalue weighted by molar-refractivity contribution is 0.0412. The zero-order valence-electron chi connectivity index (χ0n) is 11.0. The molecule has 1 aromatic rings. The second kappa shape index (κ2) is 4.94. The van der Waals surface area contributed by atoms with Gasteiger partial charge in [-0.2, -0.15) is 0 Å². The highest BCUT2D eigenvalue weighted by Gasteiger charge is 2.30. The lowest BCUT2D eigenvalue weighted by atomic mass is 10.1. The Hall–Kier alpha value is -1.62. The molecule has 1 aromatic heterocycles. The van der Waals surface area contributed by atoms with Crippen molar-refractivity contribution in [3.63, 3.8) is 0 Å². The number of pyridine rings is 1. The summed E-state index contributed by atoms with van der Waals surface area (Å²) < 4.78 is 0. The highest BCUT2D eigenvalue weighted by Crippen LogP contribution is 2.20. The average molecular weight is 249 g/mol. The molecule has 5 nitrogen and oxygen atoms in total. The second-order valence-corrected chi connectivity index (χ2v) is 4.97. The average Bonchev–Trinajstić information content (AvgIpc) is 2.35. The SMILES string of the molecule is CC1CN(C(=O)c2ccncc2O)CC(C)N1C. The number of carbonyl (C=O) groups is 1. The fourth-order valence-electron chi connectivity index (χ4n) is 2.31. The van der Waals surface area contributed by atoms with Crippen LogP contribution in [0.3, 0.4) is 0 Å². The van der Waals surface area contributed by atoms with E-state index in [2.05, 4.69) is 30.8 Å². The van der Waals surface area contributed by atoms with Crippen molar-refractivity contribution in [3.8, 4) is 5.75 Å². The second-order valence-electron chi connectivity index (χ2n) is 4.97. The Morgan fingerprint density at radius 2 is 2.00 bits per heavy atom. The third-order valence-electron chi connectivity index (χ3n) is 3.68. The van der Waals surface area contributed by atoms with Gasteiger partial charge in [-0.05, 0) is 27.0 Å². The van der Waals surface area contributed by atoms with Crippen molar-refractivity contribution in [2.24, 2.45) is 0 Å². The van der Waals surface area contributed by atoms with Crippen molar-refractivity contribution in [3.05, 3.63) is 24.0 Å². The third kappa shape index (κ3) is 2.31. The fourth-order valence-corrected chi connectivity index (χ4v) is 2.31. The maximum Gasteiger partial charge on any atom is 0.257 e. The smallest absolute Gasteiger partial charge is 0.257 e. The first kappa shape index (κ1) is 12.8. The quantitative estimate of drug-likeness (QED) is 0.805. The molecule has 0 aliphatic carbocycles. The van der Waals surface area contributed by atoms with Crippen molar-refractivity contribution in [2.75, 3.05) is 20.1 Å². The molecule has 1 aliphatic heterocycles. The topological polar surface area (TPSA) is 56.7 Å². The van der Waals surface area contributed by atoms with Crippen molar-refractivity contribution >= 4 is 5.91 Å². The van der Waals surface area contributed by atoms with Gasteiger partial charge >= 0.3 is 0 Å². The number of aromatic hydroxyl groups is 1. The Morgan fingerprint density at radius 1 is 1.39 bits per heavy atom. The van der Waals surface area contributed by atoms with Crippen molar-refractivity contribution in [2.45, 2.75) is 25.9 Å². The van der Waals surface area contributed by atoms with Crippen LogP contribution in [0.15, 0.2) is 18.5 Å². The predicted octanol–water partition coefficient (Wildman–Crippen LogP) is 0.952. The molecule has 18 heavy (non-hydrogen) atoms. The van der Waals surface area contributed by atoms with Crippen LogP contribution in [0.25, 0.3) is 0 Å². The Morgan fingerprint density at radius 3 is 2.56 bits per heavy atom. The molecular weight excluding hydrogens is 230 g/mol. The molecule has 2 rings (SSSR count). The Bertz CT molecular complexity index is 438. The molecule has 2 unspecified atom stereocenters. The van der Waals surface area contributed by atoms with E-state index >= 15 is 0 Å². The largest absolute Gasteiger partial charge is 0.505 e. The predicted molar refractivity (Wildman–Crippen MR) is 68.5 cm³/mol. The third-order valence-corrected chi connectivity index (χ3v) is 3.68. The van der Waals surface area contributed by atoms with Crippen LogP contribution >= 0.6 is 0 Å². The summed E-state index contributed by atoms with van der Waals surface area (Å²) in [5.74, 6) is -0.177. The lowest BCUT2D eigenvalue weighted by Crippen LogP contribution is -2.56. The zero-order valence-corrected chi connectivity index (χ0v) is 11.0. The van der Waals surface area contributed by atoms with E-state index in [1.54, 1.807) is 11.0 Å². The minimum atomic E-state index is -0.123. The van der Waals surface area contributed by atoms with Crippen LogP contribution in [0, 0.1) is 0 Å². The standard InChI is InChI=1S/C13H19N3O2/c1-9-7-16(8-10(2)15(9)3)13(18)11-4-5-14-6-12(11)17/h4-6,9-10,17H,7-8H2,1-3H3. The number of nitrogens with zero attached hydrogens (tertiary/aromatic N) is 3.